The monoisotopic (exact) mass is 305 g/mol. The molecule has 0 saturated carbocycles. The Labute approximate surface area is 128 Å². The number of benzene rings is 1. The molecule has 0 unspecified atom stereocenters. The van der Waals surface area contributed by atoms with Crippen LogP contribution >= 0.6 is 11.8 Å². The fraction of sp³-hybridized carbons (Fsp3) is 0.333. The minimum Gasteiger partial charge on any atom is -0.481 e. The summed E-state index contributed by atoms with van der Waals surface area (Å²) >= 11 is 1.23. The van der Waals surface area contributed by atoms with Crippen LogP contribution in [0.25, 0.3) is 5.69 Å². The number of anilines is 1. The largest absolute Gasteiger partial charge is 0.481 e. The highest BCUT2D eigenvalue weighted by atomic mass is 32.2. The molecule has 2 rings (SSSR count). The van der Waals surface area contributed by atoms with Gasteiger partial charge in [0.25, 0.3) is 0 Å². The smallest absolute Gasteiger partial charge is 0.313 e. The summed E-state index contributed by atoms with van der Waals surface area (Å²) in [5, 5.41) is 9.53. The number of rotatable bonds is 5. The fourth-order valence-corrected chi connectivity index (χ4v) is 2.93. The van der Waals surface area contributed by atoms with Gasteiger partial charge in [-0.3, -0.25) is 9.36 Å². The highest BCUT2D eigenvalue weighted by Crippen LogP contribution is 2.27. The second-order valence-electron chi connectivity index (χ2n) is 5.07. The Hall–Kier alpha value is -1.95. The number of imidazole rings is 1. The maximum atomic E-state index is 10.8. The molecule has 0 atom stereocenters. The third-order valence-corrected chi connectivity index (χ3v) is 4.10. The molecule has 0 aliphatic carbocycles. The van der Waals surface area contributed by atoms with Crippen molar-refractivity contribution in [3.8, 4) is 5.69 Å². The zero-order chi connectivity index (χ0) is 15.6. The molecule has 6 heteroatoms. The van der Waals surface area contributed by atoms with E-state index in [1.54, 1.807) is 6.20 Å². The molecule has 1 aromatic heterocycles. The van der Waals surface area contributed by atoms with Crippen LogP contribution in [-0.4, -0.2) is 40.5 Å². The lowest BCUT2D eigenvalue weighted by Gasteiger charge is -2.18. The van der Waals surface area contributed by atoms with Crippen molar-refractivity contribution < 1.29 is 9.90 Å². The van der Waals surface area contributed by atoms with E-state index < -0.39 is 5.97 Å². The number of thioether (sulfide) groups is 1. The van der Waals surface area contributed by atoms with E-state index in [0.717, 1.165) is 17.1 Å². The van der Waals surface area contributed by atoms with Crippen LogP contribution in [0.2, 0.25) is 0 Å². The number of carboxylic acids is 1. The Kier molecular flexibility index (Phi) is 4.57. The van der Waals surface area contributed by atoms with Crippen molar-refractivity contribution in [3.63, 3.8) is 0 Å². The predicted octanol–water partition coefficient (Wildman–Crippen LogP) is 2.73. The Balaban J connectivity index is 2.44. The summed E-state index contributed by atoms with van der Waals surface area (Å²) in [5.41, 5.74) is 4.31. The Morgan fingerprint density at radius 3 is 2.71 bits per heavy atom. The third-order valence-electron chi connectivity index (χ3n) is 3.16. The molecule has 0 aliphatic rings. The predicted molar refractivity (Wildman–Crippen MR) is 85.7 cm³/mol. The molecule has 21 heavy (non-hydrogen) atoms. The van der Waals surface area contributed by atoms with Crippen LogP contribution in [0.5, 0.6) is 0 Å². The van der Waals surface area contributed by atoms with Crippen LogP contribution in [0.15, 0.2) is 29.6 Å². The lowest BCUT2D eigenvalue weighted by molar-refractivity contribution is -0.133. The molecule has 112 valence electrons. The van der Waals surface area contributed by atoms with E-state index in [9.17, 15) is 4.79 Å². The van der Waals surface area contributed by atoms with E-state index in [1.807, 2.05) is 31.7 Å². The van der Waals surface area contributed by atoms with Crippen molar-refractivity contribution in [1.82, 2.24) is 9.55 Å². The molecule has 0 amide bonds. The number of carbonyl (C=O) groups is 1. The van der Waals surface area contributed by atoms with Crippen molar-refractivity contribution in [1.29, 1.82) is 0 Å². The molecular weight excluding hydrogens is 286 g/mol. The van der Waals surface area contributed by atoms with Gasteiger partial charge in [-0.05, 0) is 31.5 Å². The molecule has 1 N–H and O–H groups in total. The topological polar surface area (TPSA) is 58.4 Å². The van der Waals surface area contributed by atoms with Crippen LogP contribution in [0, 0.1) is 13.8 Å². The first-order valence-electron chi connectivity index (χ1n) is 6.57. The van der Waals surface area contributed by atoms with Gasteiger partial charge in [0.15, 0.2) is 5.16 Å². The maximum absolute atomic E-state index is 10.8. The van der Waals surface area contributed by atoms with Gasteiger partial charge in [0.1, 0.15) is 0 Å². The molecule has 0 spiro atoms. The van der Waals surface area contributed by atoms with Crippen molar-refractivity contribution in [2.45, 2.75) is 19.0 Å². The number of carboxylic acid groups (broad SMARTS) is 1. The van der Waals surface area contributed by atoms with Crippen molar-refractivity contribution in [2.24, 2.45) is 0 Å². The summed E-state index contributed by atoms with van der Waals surface area (Å²) in [5.74, 6) is -0.840. The van der Waals surface area contributed by atoms with E-state index in [-0.39, 0.29) is 5.75 Å². The van der Waals surface area contributed by atoms with Gasteiger partial charge < -0.3 is 10.0 Å². The van der Waals surface area contributed by atoms with E-state index in [4.69, 9.17) is 5.11 Å². The van der Waals surface area contributed by atoms with Gasteiger partial charge in [-0.2, -0.15) is 0 Å². The summed E-state index contributed by atoms with van der Waals surface area (Å²) in [6, 6.07) is 6.19. The van der Waals surface area contributed by atoms with Gasteiger partial charge in [-0.15, -0.1) is 0 Å². The molecule has 1 aromatic carbocycles. The zero-order valence-electron chi connectivity index (χ0n) is 12.6. The number of nitrogens with zero attached hydrogens (tertiary/aromatic N) is 3. The normalized spacial score (nSPS) is 10.7. The first-order chi connectivity index (χ1) is 9.90. The molecular formula is C15H19N3O2S. The zero-order valence-corrected chi connectivity index (χ0v) is 13.4. The summed E-state index contributed by atoms with van der Waals surface area (Å²) in [6.07, 6.45) is 1.76. The van der Waals surface area contributed by atoms with Gasteiger partial charge in [-0.1, -0.05) is 17.8 Å². The van der Waals surface area contributed by atoms with Gasteiger partial charge >= 0.3 is 5.97 Å². The van der Waals surface area contributed by atoms with Crippen molar-refractivity contribution in [3.05, 3.63) is 35.7 Å². The van der Waals surface area contributed by atoms with E-state index in [0.29, 0.717) is 5.16 Å². The number of hydrogen-bond acceptors (Lipinski definition) is 4. The highest BCUT2D eigenvalue weighted by molar-refractivity contribution is 7.99. The molecule has 1 heterocycles. The van der Waals surface area contributed by atoms with E-state index >= 15 is 0 Å². The number of aryl methyl sites for hydroxylation is 2. The summed E-state index contributed by atoms with van der Waals surface area (Å²) in [6.45, 7) is 4.03. The minimum atomic E-state index is -0.843. The molecule has 0 saturated heterocycles. The van der Waals surface area contributed by atoms with Crippen LogP contribution in [0.4, 0.5) is 5.69 Å². The molecule has 0 bridgehead atoms. The maximum Gasteiger partial charge on any atom is 0.313 e. The third kappa shape index (κ3) is 3.39. The van der Waals surface area contributed by atoms with Gasteiger partial charge in [-0.25, -0.2) is 4.98 Å². The standard InChI is InChI=1S/C15H19N3O2S/c1-10-5-6-12(7-13(10)17(3)4)18-11(2)8-16-15(18)21-9-14(19)20/h5-8H,9H2,1-4H3,(H,19,20). The first kappa shape index (κ1) is 15.4. The SMILES string of the molecule is Cc1ccc(-n2c(C)cnc2SCC(=O)O)cc1N(C)C. The summed E-state index contributed by atoms with van der Waals surface area (Å²) < 4.78 is 1.99. The Morgan fingerprint density at radius 2 is 2.10 bits per heavy atom. The van der Waals surface area contributed by atoms with Crippen LogP contribution in [-0.2, 0) is 4.79 Å². The second-order valence-corrected chi connectivity index (χ2v) is 6.01. The number of hydrogen-bond donors (Lipinski definition) is 1. The molecule has 0 radical (unpaired) electrons. The second kappa shape index (κ2) is 6.22. The van der Waals surface area contributed by atoms with E-state index in [2.05, 4.69) is 28.9 Å². The molecule has 5 nitrogen and oxygen atoms in total. The lowest BCUT2D eigenvalue weighted by atomic mass is 10.1. The molecule has 0 fully saturated rings. The minimum absolute atomic E-state index is 0.00283. The first-order valence-corrected chi connectivity index (χ1v) is 7.56. The average Bonchev–Trinajstić information content (AvgIpc) is 2.78. The Bertz CT molecular complexity index is 665. The quantitative estimate of drug-likeness (QED) is 0.861. The van der Waals surface area contributed by atoms with Crippen LogP contribution in [0.3, 0.4) is 0 Å². The number of aliphatic carboxylic acids is 1. The van der Waals surface area contributed by atoms with Gasteiger partial charge in [0.05, 0.1) is 5.75 Å². The summed E-state index contributed by atoms with van der Waals surface area (Å²) in [4.78, 5) is 17.1. The fourth-order valence-electron chi connectivity index (χ4n) is 2.18. The highest BCUT2D eigenvalue weighted by Gasteiger charge is 2.13. The number of aromatic nitrogens is 2. The average molecular weight is 305 g/mol. The van der Waals surface area contributed by atoms with Crippen LogP contribution in [0.1, 0.15) is 11.3 Å². The summed E-state index contributed by atoms with van der Waals surface area (Å²) in [7, 11) is 4.01. The van der Waals surface area contributed by atoms with Crippen molar-refractivity contribution in [2.75, 3.05) is 24.7 Å². The van der Waals surface area contributed by atoms with Gasteiger partial charge in [0.2, 0.25) is 0 Å². The Morgan fingerprint density at radius 1 is 1.38 bits per heavy atom. The lowest BCUT2D eigenvalue weighted by Crippen LogP contribution is -2.11. The van der Waals surface area contributed by atoms with E-state index in [1.165, 1.54) is 17.3 Å². The molecule has 2 aromatic rings. The van der Waals surface area contributed by atoms with Crippen LogP contribution < -0.4 is 4.90 Å². The van der Waals surface area contributed by atoms with Crippen molar-refractivity contribution >= 4 is 23.4 Å². The molecule has 0 aliphatic heterocycles. The van der Waals surface area contributed by atoms with Gasteiger partial charge in [0, 0.05) is 37.4 Å².